The van der Waals surface area contributed by atoms with E-state index in [1.807, 2.05) is 51.1 Å². The van der Waals surface area contributed by atoms with Crippen LogP contribution in [0, 0.1) is 13.8 Å². The first-order valence-corrected chi connectivity index (χ1v) is 10.2. The van der Waals surface area contributed by atoms with Crippen molar-refractivity contribution in [2.75, 3.05) is 13.2 Å². The first-order valence-electron chi connectivity index (χ1n) is 9.84. The fourth-order valence-corrected chi connectivity index (χ4v) is 3.13. The van der Waals surface area contributed by atoms with Crippen molar-refractivity contribution in [1.82, 2.24) is 10.2 Å². The fourth-order valence-electron chi connectivity index (χ4n) is 2.91. The highest BCUT2D eigenvalue weighted by Crippen LogP contribution is 2.21. The van der Waals surface area contributed by atoms with Crippen LogP contribution in [-0.4, -0.2) is 35.9 Å². The van der Waals surface area contributed by atoms with E-state index in [4.69, 9.17) is 16.3 Å². The molecule has 0 heterocycles. The maximum absolute atomic E-state index is 13.0. The Kier molecular flexibility index (Phi) is 8.52. The van der Waals surface area contributed by atoms with E-state index < -0.39 is 6.04 Å². The monoisotopic (exact) mass is 416 g/mol. The molecule has 1 N–H and O–H groups in total. The number of carbonyl (C=O) groups excluding carboxylic acids is 2. The van der Waals surface area contributed by atoms with Crippen molar-refractivity contribution in [3.63, 3.8) is 0 Å². The lowest BCUT2D eigenvalue weighted by Crippen LogP contribution is -2.49. The fraction of sp³-hybridized carbons (Fsp3) is 0.391. The van der Waals surface area contributed by atoms with Crippen LogP contribution in [0.4, 0.5) is 0 Å². The zero-order valence-electron chi connectivity index (χ0n) is 17.5. The minimum absolute atomic E-state index is 0.143. The van der Waals surface area contributed by atoms with Gasteiger partial charge in [0.25, 0.3) is 5.91 Å². The zero-order valence-corrected chi connectivity index (χ0v) is 18.3. The molecule has 0 bridgehead atoms. The minimum Gasteiger partial charge on any atom is -0.483 e. The molecule has 156 valence electrons. The summed E-state index contributed by atoms with van der Waals surface area (Å²) in [4.78, 5) is 27.0. The molecule has 0 aliphatic heterocycles. The average molecular weight is 417 g/mol. The summed E-state index contributed by atoms with van der Waals surface area (Å²) in [6.07, 6.45) is 0.830. The van der Waals surface area contributed by atoms with Crippen LogP contribution in [-0.2, 0) is 16.1 Å². The summed E-state index contributed by atoms with van der Waals surface area (Å²) in [5, 5.41) is 3.44. The van der Waals surface area contributed by atoms with Gasteiger partial charge >= 0.3 is 0 Å². The van der Waals surface area contributed by atoms with Crippen LogP contribution in [0.15, 0.2) is 42.5 Å². The molecule has 0 fully saturated rings. The third kappa shape index (κ3) is 6.50. The second-order valence-corrected chi connectivity index (χ2v) is 7.54. The Hall–Kier alpha value is -2.53. The number of aryl methyl sites for hydroxylation is 1. The highest BCUT2D eigenvalue weighted by molar-refractivity contribution is 6.30. The number of halogens is 1. The molecule has 5 nitrogen and oxygen atoms in total. The van der Waals surface area contributed by atoms with E-state index in [1.54, 1.807) is 19.1 Å². The molecule has 0 unspecified atom stereocenters. The van der Waals surface area contributed by atoms with Crippen molar-refractivity contribution in [2.24, 2.45) is 0 Å². The Morgan fingerprint density at radius 3 is 2.59 bits per heavy atom. The van der Waals surface area contributed by atoms with E-state index >= 15 is 0 Å². The standard InChI is InChI=1S/C23H29ClN2O3/c1-5-12-25-23(28)18(4)26(14-19-9-7-10-20(24)13-19)22(27)15-29-21-11-6-8-16(2)17(21)3/h6-11,13,18H,5,12,14-15H2,1-4H3,(H,25,28)/t18-/m0/s1. The molecule has 0 saturated heterocycles. The first kappa shape index (κ1) is 22.8. The molecule has 0 saturated carbocycles. The molecule has 1 atom stereocenters. The summed E-state index contributed by atoms with van der Waals surface area (Å²) in [6.45, 7) is 8.37. The second-order valence-electron chi connectivity index (χ2n) is 7.11. The highest BCUT2D eigenvalue weighted by atomic mass is 35.5. The van der Waals surface area contributed by atoms with Gasteiger partial charge in [-0.1, -0.05) is 42.8 Å². The van der Waals surface area contributed by atoms with E-state index in [0.717, 1.165) is 23.1 Å². The van der Waals surface area contributed by atoms with E-state index in [2.05, 4.69) is 5.32 Å². The van der Waals surface area contributed by atoms with Crippen molar-refractivity contribution < 1.29 is 14.3 Å². The third-order valence-electron chi connectivity index (χ3n) is 4.86. The van der Waals surface area contributed by atoms with E-state index in [0.29, 0.717) is 17.3 Å². The molecule has 2 aromatic carbocycles. The van der Waals surface area contributed by atoms with Gasteiger partial charge in [0.2, 0.25) is 5.91 Å². The van der Waals surface area contributed by atoms with Crippen LogP contribution in [0.2, 0.25) is 5.02 Å². The van der Waals surface area contributed by atoms with Crippen molar-refractivity contribution in [1.29, 1.82) is 0 Å². The first-order chi connectivity index (χ1) is 13.8. The molecular weight excluding hydrogens is 388 g/mol. The third-order valence-corrected chi connectivity index (χ3v) is 5.10. The summed E-state index contributed by atoms with van der Waals surface area (Å²) < 4.78 is 5.78. The highest BCUT2D eigenvalue weighted by Gasteiger charge is 2.26. The predicted octanol–water partition coefficient (Wildman–Crippen LogP) is 4.28. The van der Waals surface area contributed by atoms with Crippen molar-refractivity contribution >= 4 is 23.4 Å². The lowest BCUT2D eigenvalue weighted by molar-refractivity contribution is -0.142. The Labute approximate surface area is 178 Å². The number of ether oxygens (including phenoxy) is 1. The lowest BCUT2D eigenvalue weighted by Gasteiger charge is -2.29. The zero-order chi connectivity index (χ0) is 21.4. The molecule has 0 spiro atoms. The van der Waals surface area contributed by atoms with Gasteiger partial charge in [-0.15, -0.1) is 0 Å². The van der Waals surface area contributed by atoms with Crippen molar-refractivity contribution in [2.45, 2.75) is 46.7 Å². The van der Waals surface area contributed by atoms with Gasteiger partial charge in [0.15, 0.2) is 6.61 Å². The lowest BCUT2D eigenvalue weighted by atomic mass is 10.1. The quantitative estimate of drug-likeness (QED) is 0.663. The second kappa shape index (κ2) is 10.9. The van der Waals surface area contributed by atoms with Gasteiger partial charge in [0, 0.05) is 18.1 Å². The maximum Gasteiger partial charge on any atom is 0.261 e. The van der Waals surface area contributed by atoms with Gasteiger partial charge in [-0.05, 0) is 62.1 Å². The number of hydrogen-bond donors (Lipinski definition) is 1. The Morgan fingerprint density at radius 1 is 1.17 bits per heavy atom. The molecular formula is C23H29ClN2O3. The molecule has 29 heavy (non-hydrogen) atoms. The van der Waals surface area contributed by atoms with Crippen LogP contribution in [0.1, 0.15) is 37.0 Å². The largest absolute Gasteiger partial charge is 0.483 e. The van der Waals surface area contributed by atoms with Gasteiger partial charge in [-0.25, -0.2) is 0 Å². The van der Waals surface area contributed by atoms with Crippen LogP contribution in [0.25, 0.3) is 0 Å². The average Bonchev–Trinajstić information content (AvgIpc) is 2.70. The number of benzene rings is 2. The topological polar surface area (TPSA) is 58.6 Å². The van der Waals surface area contributed by atoms with E-state index in [9.17, 15) is 9.59 Å². The summed E-state index contributed by atoms with van der Waals surface area (Å²) >= 11 is 6.08. The van der Waals surface area contributed by atoms with E-state index in [1.165, 1.54) is 4.90 Å². The summed E-state index contributed by atoms with van der Waals surface area (Å²) in [7, 11) is 0. The maximum atomic E-state index is 13.0. The number of nitrogens with one attached hydrogen (secondary N) is 1. The van der Waals surface area contributed by atoms with Gasteiger partial charge < -0.3 is 15.0 Å². The van der Waals surface area contributed by atoms with Gasteiger partial charge in [0.05, 0.1) is 0 Å². The van der Waals surface area contributed by atoms with Gasteiger partial charge in [0.1, 0.15) is 11.8 Å². The Bertz CT molecular complexity index is 854. The molecule has 0 aliphatic rings. The molecule has 2 rings (SSSR count). The normalized spacial score (nSPS) is 11.6. The smallest absolute Gasteiger partial charge is 0.261 e. The number of carbonyl (C=O) groups is 2. The van der Waals surface area contributed by atoms with Crippen LogP contribution < -0.4 is 10.1 Å². The predicted molar refractivity (Wildman–Crippen MR) is 116 cm³/mol. The van der Waals surface area contributed by atoms with Crippen LogP contribution >= 0.6 is 11.6 Å². The van der Waals surface area contributed by atoms with Gasteiger partial charge in [-0.2, -0.15) is 0 Å². The Balaban J connectivity index is 2.17. The summed E-state index contributed by atoms with van der Waals surface area (Å²) in [5.41, 5.74) is 2.95. The molecule has 6 heteroatoms. The molecule has 0 radical (unpaired) electrons. The van der Waals surface area contributed by atoms with Crippen molar-refractivity contribution in [3.8, 4) is 5.75 Å². The van der Waals surface area contributed by atoms with E-state index in [-0.39, 0.29) is 25.0 Å². The number of rotatable bonds is 9. The molecule has 2 aromatic rings. The number of nitrogens with zero attached hydrogens (tertiary/aromatic N) is 1. The number of amides is 2. The summed E-state index contributed by atoms with van der Waals surface area (Å²) in [6, 6.07) is 12.4. The molecule has 0 aromatic heterocycles. The van der Waals surface area contributed by atoms with Gasteiger partial charge in [-0.3, -0.25) is 9.59 Å². The van der Waals surface area contributed by atoms with Crippen molar-refractivity contribution in [3.05, 3.63) is 64.2 Å². The molecule has 2 amide bonds. The Morgan fingerprint density at radius 2 is 1.90 bits per heavy atom. The minimum atomic E-state index is -0.629. The van der Waals surface area contributed by atoms with Crippen LogP contribution in [0.5, 0.6) is 5.75 Å². The molecule has 0 aliphatic carbocycles. The van der Waals surface area contributed by atoms with Crippen LogP contribution in [0.3, 0.4) is 0 Å². The SMILES string of the molecule is CCCNC(=O)[C@H](C)N(Cc1cccc(Cl)c1)C(=O)COc1cccc(C)c1C. The number of hydrogen-bond acceptors (Lipinski definition) is 3. The summed E-state index contributed by atoms with van der Waals surface area (Å²) in [5.74, 6) is 0.225.